The van der Waals surface area contributed by atoms with Crippen LogP contribution in [0.4, 0.5) is 0 Å². The van der Waals surface area contributed by atoms with Gasteiger partial charge in [0.2, 0.25) is 0 Å². The highest BCUT2D eigenvalue weighted by Gasteiger charge is 2.19. The molecule has 0 saturated carbocycles. The lowest BCUT2D eigenvalue weighted by molar-refractivity contribution is -0.125. The number of rotatable bonds is 5. The van der Waals surface area contributed by atoms with E-state index in [1.165, 1.54) is 5.56 Å². The predicted octanol–water partition coefficient (Wildman–Crippen LogP) is 1.88. The van der Waals surface area contributed by atoms with Gasteiger partial charge in [-0.3, -0.25) is 4.79 Å². The Labute approximate surface area is 114 Å². The molecule has 1 aromatic rings. The van der Waals surface area contributed by atoms with Crippen molar-refractivity contribution in [3.8, 4) is 5.75 Å². The molecular weight excluding hydrogens is 242 g/mol. The number of aliphatic hydroxyl groups is 1. The summed E-state index contributed by atoms with van der Waals surface area (Å²) in [5.74, 6) is 0.515. The van der Waals surface area contributed by atoms with Crippen LogP contribution in [0.1, 0.15) is 30.5 Å². The third-order valence-corrected chi connectivity index (χ3v) is 2.83. The summed E-state index contributed by atoms with van der Waals surface area (Å²) in [6, 6.07) is 4.05. The molecule has 4 nitrogen and oxygen atoms in total. The van der Waals surface area contributed by atoms with Gasteiger partial charge in [-0.15, -0.1) is 0 Å². The summed E-state index contributed by atoms with van der Waals surface area (Å²) in [4.78, 5) is 11.7. The Morgan fingerprint density at radius 1 is 1.26 bits per heavy atom. The minimum Gasteiger partial charge on any atom is -0.483 e. The van der Waals surface area contributed by atoms with E-state index >= 15 is 0 Å². The topological polar surface area (TPSA) is 58.6 Å². The molecule has 4 heteroatoms. The number of aliphatic hydroxyl groups excluding tert-OH is 1. The monoisotopic (exact) mass is 265 g/mol. The van der Waals surface area contributed by atoms with E-state index < -0.39 is 5.54 Å². The molecule has 0 radical (unpaired) electrons. The summed E-state index contributed by atoms with van der Waals surface area (Å²) < 4.78 is 5.58. The van der Waals surface area contributed by atoms with Gasteiger partial charge in [0.15, 0.2) is 6.61 Å². The average molecular weight is 265 g/mol. The van der Waals surface area contributed by atoms with Crippen LogP contribution in [0.3, 0.4) is 0 Å². The second-order valence-corrected chi connectivity index (χ2v) is 5.61. The first kappa shape index (κ1) is 15.5. The number of carbonyl (C=O) groups excluding carboxylic acids is 1. The van der Waals surface area contributed by atoms with Crippen LogP contribution in [0.5, 0.6) is 5.75 Å². The molecule has 0 aliphatic rings. The van der Waals surface area contributed by atoms with Crippen LogP contribution in [0.25, 0.3) is 0 Å². The van der Waals surface area contributed by atoms with Gasteiger partial charge < -0.3 is 15.2 Å². The van der Waals surface area contributed by atoms with Crippen LogP contribution in [0.15, 0.2) is 12.1 Å². The van der Waals surface area contributed by atoms with Crippen molar-refractivity contribution in [3.63, 3.8) is 0 Å². The van der Waals surface area contributed by atoms with Gasteiger partial charge in [0.05, 0.1) is 12.1 Å². The molecule has 0 atom stereocenters. The van der Waals surface area contributed by atoms with Crippen molar-refractivity contribution in [2.75, 3.05) is 13.2 Å². The van der Waals surface area contributed by atoms with Crippen LogP contribution in [0.2, 0.25) is 0 Å². The fraction of sp³-hybridized carbons (Fsp3) is 0.533. The lowest BCUT2D eigenvalue weighted by Crippen LogP contribution is -2.48. The zero-order valence-corrected chi connectivity index (χ0v) is 12.3. The molecule has 0 aliphatic carbocycles. The van der Waals surface area contributed by atoms with Crippen molar-refractivity contribution < 1.29 is 14.6 Å². The largest absolute Gasteiger partial charge is 0.483 e. The van der Waals surface area contributed by atoms with E-state index in [2.05, 4.69) is 5.32 Å². The van der Waals surface area contributed by atoms with E-state index in [-0.39, 0.29) is 19.1 Å². The molecule has 106 valence electrons. The quantitative estimate of drug-likeness (QED) is 0.854. The number of benzene rings is 1. The van der Waals surface area contributed by atoms with Gasteiger partial charge in [-0.1, -0.05) is 17.7 Å². The van der Waals surface area contributed by atoms with Crippen LogP contribution < -0.4 is 10.1 Å². The highest BCUT2D eigenvalue weighted by molar-refractivity contribution is 5.78. The zero-order valence-electron chi connectivity index (χ0n) is 12.3. The lowest BCUT2D eigenvalue weighted by atomic mass is 10.1. The number of hydrogen-bond acceptors (Lipinski definition) is 3. The van der Waals surface area contributed by atoms with Crippen LogP contribution in [-0.4, -0.2) is 29.8 Å². The number of carbonyl (C=O) groups is 1. The minimum atomic E-state index is -0.627. The third kappa shape index (κ3) is 4.56. The van der Waals surface area contributed by atoms with Gasteiger partial charge in [0, 0.05) is 0 Å². The van der Waals surface area contributed by atoms with Crippen LogP contribution in [0, 0.1) is 20.8 Å². The SMILES string of the molecule is Cc1cc(C)c(OCC(=O)NC(C)(C)CO)c(C)c1. The van der Waals surface area contributed by atoms with Gasteiger partial charge in [-0.05, 0) is 45.7 Å². The lowest BCUT2D eigenvalue weighted by Gasteiger charge is -2.23. The summed E-state index contributed by atoms with van der Waals surface area (Å²) in [5.41, 5.74) is 2.59. The first-order valence-corrected chi connectivity index (χ1v) is 6.37. The molecule has 0 saturated heterocycles. The molecule has 1 aromatic carbocycles. The van der Waals surface area contributed by atoms with E-state index in [0.29, 0.717) is 0 Å². The molecule has 19 heavy (non-hydrogen) atoms. The number of ether oxygens (including phenoxy) is 1. The van der Waals surface area contributed by atoms with E-state index in [1.807, 2.05) is 32.9 Å². The standard InChI is InChI=1S/C15H23NO3/c1-10-6-11(2)14(12(3)7-10)19-8-13(18)16-15(4,5)9-17/h6-7,17H,8-9H2,1-5H3,(H,16,18). The van der Waals surface area contributed by atoms with Gasteiger partial charge in [0.1, 0.15) is 5.75 Å². The van der Waals surface area contributed by atoms with Crippen molar-refractivity contribution in [2.24, 2.45) is 0 Å². The summed E-state index contributed by atoms with van der Waals surface area (Å²) in [6.45, 7) is 9.31. The molecule has 2 N–H and O–H groups in total. The summed E-state index contributed by atoms with van der Waals surface area (Å²) in [5, 5.41) is 11.8. The minimum absolute atomic E-state index is 0.0474. The number of nitrogens with one attached hydrogen (secondary N) is 1. The Morgan fingerprint density at radius 2 is 1.79 bits per heavy atom. The van der Waals surface area contributed by atoms with E-state index in [9.17, 15) is 4.79 Å². The fourth-order valence-corrected chi connectivity index (χ4v) is 1.99. The maximum Gasteiger partial charge on any atom is 0.258 e. The first-order valence-electron chi connectivity index (χ1n) is 6.37. The Hall–Kier alpha value is -1.55. The Bertz CT molecular complexity index is 443. The van der Waals surface area contributed by atoms with E-state index in [4.69, 9.17) is 9.84 Å². The second-order valence-electron chi connectivity index (χ2n) is 5.61. The van der Waals surface area contributed by atoms with Crippen LogP contribution >= 0.6 is 0 Å². The third-order valence-electron chi connectivity index (χ3n) is 2.83. The van der Waals surface area contributed by atoms with Crippen molar-refractivity contribution in [1.82, 2.24) is 5.32 Å². The van der Waals surface area contributed by atoms with E-state index in [0.717, 1.165) is 16.9 Å². The molecule has 1 rings (SSSR count). The summed E-state index contributed by atoms with van der Waals surface area (Å²) in [6.07, 6.45) is 0. The molecule has 0 spiro atoms. The fourth-order valence-electron chi connectivity index (χ4n) is 1.99. The van der Waals surface area contributed by atoms with Gasteiger partial charge in [-0.2, -0.15) is 0 Å². The van der Waals surface area contributed by atoms with Crippen molar-refractivity contribution in [2.45, 2.75) is 40.2 Å². The Morgan fingerprint density at radius 3 is 2.26 bits per heavy atom. The number of amides is 1. The first-order chi connectivity index (χ1) is 8.75. The molecule has 0 unspecified atom stereocenters. The highest BCUT2D eigenvalue weighted by Crippen LogP contribution is 2.24. The number of aryl methyl sites for hydroxylation is 3. The molecule has 0 heterocycles. The van der Waals surface area contributed by atoms with E-state index in [1.54, 1.807) is 13.8 Å². The normalized spacial score (nSPS) is 11.3. The van der Waals surface area contributed by atoms with Crippen molar-refractivity contribution in [1.29, 1.82) is 0 Å². The van der Waals surface area contributed by atoms with Gasteiger partial charge >= 0.3 is 0 Å². The maximum atomic E-state index is 11.7. The van der Waals surface area contributed by atoms with Crippen LogP contribution in [-0.2, 0) is 4.79 Å². The average Bonchev–Trinajstić information content (AvgIpc) is 2.26. The zero-order chi connectivity index (χ0) is 14.6. The maximum absolute atomic E-state index is 11.7. The predicted molar refractivity (Wildman–Crippen MR) is 75.5 cm³/mol. The van der Waals surface area contributed by atoms with Crippen molar-refractivity contribution >= 4 is 5.91 Å². The summed E-state index contributed by atoms with van der Waals surface area (Å²) >= 11 is 0. The van der Waals surface area contributed by atoms with Gasteiger partial charge in [0.25, 0.3) is 5.91 Å². The molecular formula is C15H23NO3. The molecule has 0 aliphatic heterocycles. The molecule has 1 amide bonds. The Balaban J connectivity index is 2.65. The second kappa shape index (κ2) is 6.06. The molecule has 0 bridgehead atoms. The smallest absolute Gasteiger partial charge is 0.258 e. The summed E-state index contributed by atoms with van der Waals surface area (Å²) in [7, 11) is 0. The van der Waals surface area contributed by atoms with Crippen molar-refractivity contribution in [3.05, 3.63) is 28.8 Å². The molecule has 0 fully saturated rings. The Kier molecular flexibility index (Phi) is 4.95. The van der Waals surface area contributed by atoms with Gasteiger partial charge in [-0.25, -0.2) is 0 Å². The number of hydrogen-bond donors (Lipinski definition) is 2. The molecule has 0 aromatic heterocycles. The highest BCUT2D eigenvalue weighted by atomic mass is 16.5.